The van der Waals surface area contributed by atoms with Gasteiger partial charge in [0.05, 0.1) is 0 Å². The summed E-state index contributed by atoms with van der Waals surface area (Å²) in [5.41, 5.74) is 1.68. The highest BCUT2D eigenvalue weighted by atomic mass is 19.1. The van der Waals surface area contributed by atoms with Crippen LogP contribution in [0.25, 0.3) is 11.5 Å². The summed E-state index contributed by atoms with van der Waals surface area (Å²) in [6, 6.07) is 15.4. The molecule has 24 heavy (non-hydrogen) atoms. The summed E-state index contributed by atoms with van der Waals surface area (Å²) in [5.74, 6) is -0.0531. The SMILES string of the molecule is O=C(CCc1ccc(F)cc1)OCc1nnc(-c2ccccc2)o1. The number of aryl methyl sites for hydroxylation is 1. The van der Waals surface area contributed by atoms with Crippen molar-refractivity contribution in [2.75, 3.05) is 0 Å². The smallest absolute Gasteiger partial charge is 0.306 e. The van der Waals surface area contributed by atoms with Gasteiger partial charge in [0.25, 0.3) is 5.89 Å². The summed E-state index contributed by atoms with van der Waals surface area (Å²) < 4.78 is 23.4. The van der Waals surface area contributed by atoms with Crippen LogP contribution in [0.5, 0.6) is 0 Å². The number of carbonyl (C=O) groups excluding carboxylic acids is 1. The van der Waals surface area contributed by atoms with Gasteiger partial charge in [-0.3, -0.25) is 4.79 Å². The van der Waals surface area contributed by atoms with Gasteiger partial charge >= 0.3 is 5.97 Å². The second-order valence-electron chi connectivity index (χ2n) is 5.15. The number of carbonyl (C=O) groups is 1. The first kappa shape index (κ1) is 15.9. The predicted molar refractivity (Wildman–Crippen MR) is 84.3 cm³/mol. The molecule has 0 saturated carbocycles. The molecule has 122 valence electrons. The zero-order chi connectivity index (χ0) is 16.8. The van der Waals surface area contributed by atoms with Crippen molar-refractivity contribution >= 4 is 5.97 Å². The van der Waals surface area contributed by atoms with Crippen LogP contribution >= 0.6 is 0 Å². The topological polar surface area (TPSA) is 65.2 Å². The Morgan fingerprint density at radius 3 is 2.54 bits per heavy atom. The highest BCUT2D eigenvalue weighted by Crippen LogP contribution is 2.17. The van der Waals surface area contributed by atoms with Crippen LogP contribution in [0.1, 0.15) is 17.9 Å². The van der Waals surface area contributed by atoms with Gasteiger partial charge in [-0.15, -0.1) is 10.2 Å². The van der Waals surface area contributed by atoms with Crippen LogP contribution in [0.3, 0.4) is 0 Å². The zero-order valence-electron chi connectivity index (χ0n) is 12.8. The van der Waals surface area contributed by atoms with E-state index in [0.717, 1.165) is 11.1 Å². The Morgan fingerprint density at radius 1 is 1.04 bits per heavy atom. The molecule has 2 aromatic carbocycles. The van der Waals surface area contributed by atoms with Gasteiger partial charge in [0, 0.05) is 12.0 Å². The van der Waals surface area contributed by atoms with E-state index in [1.165, 1.54) is 12.1 Å². The van der Waals surface area contributed by atoms with Crippen molar-refractivity contribution in [3.05, 3.63) is 71.9 Å². The van der Waals surface area contributed by atoms with E-state index in [1.807, 2.05) is 30.3 Å². The van der Waals surface area contributed by atoms with Crippen molar-refractivity contribution in [1.29, 1.82) is 0 Å². The number of aromatic nitrogens is 2. The van der Waals surface area contributed by atoms with Crippen molar-refractivity contribution in [3.8, 4) is 11.5 Å². The molecule has 0 N–H and O–H groups in total. The minimum absolute atomic E-state index is 0.0674. The van der Waals surface area contributed by atoms with Crippen LogP contribution in [0.15, 0.2) is 59.0 Å². The Bertz CT molecular complexity index is 801. The fourth-order valence-corrected chi connectivity index (χ4v) is 2.12. The fourth-order valence-electron chi connectivity index (χ4n) is 2.12. The molecule has 0 radical (unpaired) electrons. The average molecular weight is 326 g/mol. The lowest BCUT2D eigenvalue weighted by molar-refractivity contribution is -0.145. The molecule has 0 bridgehead atoms. The first-order valence-corrected chi connectivity index (χ1v) is 7.48. The van der Waals surface area contributed by atoms with Gasteiger partial charge in [0.1, 0.15) is 5.82 Å². The molecule has 0 atom stereocenters. The second-order valence-corrected chi connectivity index (χ2v) is 5.15. The first-order valence-electron chi connectivity index (χ1n) is 7.48. The van der Waals surface area contributed by atoms with E-state index in [4.69, 9.17) is 9.15 Å². The van der Waals surface area contributed by atoms with E-state index in [9.17, 15) is 9.18 Å². The minimum atomic E-state index is -0.376. The third kappa shape index (κ3) is 4.25. The van der Waals surface area contributed by atoms with Gasteiger partial charge in [-0.05, 0) is 36.2 Å². The number of benzene rings is 2. The van der Waals surface area contributed by atoms with Crippen molar-refractivity contribution in [2.24, 2.45) is 0 Å². The molecule has 3 rings (SSSR count). The summed E-state index contributed by atoms with van der Waals surface area (Å²) in [5, 5.41) is 7.78. The van der Waals surface area contributed by atoms with E-state index >= 15 is 0 Å². The lowest BCUT2D eigenvalue weighted by Gasteiger charge is -2.02. The summed E-state index contributed by atoms with van der Waals surface area (Å²) in [7, 11) is 0. The van der Waals surface area contributed by atoms with Gasteiger partial charge in [0.15, 0.2) is 6.61 Å². The van der Waals surface area contributed by atoms with Crippen LogP contribution < -0.4 is 0 Å². The maximum Gasteiger partial charge on any atom is 0.306 e. The van der Waals surface area contributed by atoms with Crippen molar-refractivity contribution in [3.63, 3.8) is 0 Å². The largest absolute Gasteiger partial charge is 0.456 e. The molecule has 0 amide bonds. The number of halogens is 1. The molecule has 0 aliphatic heterocycles. The summed E-state index contributed by atoms with van der Waals surface area (Å²) in [6.45, 7) is -0.0674. The number of hydrogen-bond donors (Lipinski definition) is 0. The molecule has 6 heteroatoms. The quantitative estimate of drug-likeness (QED) is 0.648. The van der Waals surface area contributed by atoms with Gasteiger partial charge in [0.2, 0.25) is 5.89 Å². The molecule has 0 saturated heterocycles. The van der Waals surface area contributed by atoms with Gasteiger partial charge in [-0.2, -0.15) is 0 Å². The lowest BCUT2D eigenvalue weighted by Crippen LogP contribution is -2.06. The summed E-state index contributed by atoms with van der Waals surface area (Å²) >= 11 is 0. The number of ether oxygens (including phenoxy) is 1. The van der Waals surface area contributed by atoms with Crippen LogP contribution in [-0.2, 0) is 22.6 Å². The molecular weight excluding hydrogens is 311 g/mol. The Morgan fingerprint density at radius 2 is 1.79 bits per heavy atom. The predicted octanol–water partition coefficient (Wildman–Crippen LogP) is 3.55. The van der Waals surface area contributed by atoms with Gasteiger partial charge < -0.3 is 9.15 Å². The minimum Gasteiger partial charge on any atom is -0.456 e. The maximum absolute atomic E-state index is 12.8. The van der Waals surface area contributed by atoms with Crippen LogP contribution in [0.4, 0.5) is 4.39 Å². The summed E-state index contributed by atoms with van der Waals surface area (Å²) in [6.07, 6.45) is 0.684. The Balaban J connectivity index is 1.48. The maximum atomic E-state index is 12.8. The molecule has 0 aliphatic rings. The Kier molecular flexibility index (Phi) is 4.96. The molecule has 0 fully saturated rings. The Hall–Kier alpha value is -3.02. The van der Waals surface area contributed by atoms with E-state index in [2.05, 4.69) is 10.2 Å². The standard InChI is InChI=1S/C18H15FN2O3/c19-15-9-6-13(7-10-15)8-11-17(22)23-12-16-20-21-18(24-16)14-4-2-1-3-5-14/h1-7,9-10H,8,11-12H2. The van der Waals surface area contributed by atoms with Crippen LogP contribution in [0, 0.1) is 5.82 Å². The fraction of sp³-hybridized carbons (Fsp3) is 0.167. The van der Waals surface area contributed by atoms with Crippen molar-refractivity contribution < 1.29 is 18.3 Å². The van der Waals surface area contributed by atoms with Gasteiger partial charge in [-0.1, -0.05) is 30.3 Å². The second kappa shape index (κ2) is 7.50. The number of hydrogen-bond acceptors (Lipinski definition) is 5. The number of rotatable bonds is 6. The molecule has 0 spiro atoms. The first-order chi connectivity index (χ1) is 11.7. The van der Waals surface area contributed by atoms with E-state index in [1.54, 1.807) is 12.1 Å². The lowest BCUT2D eigenvalue weighted by atomic mass is 10.1. The summed E-state index contributed by atoms with van der Waals surface area (Å²) in [4.78, 5) is 11.7. The number of esters is 1. The molecule has 0 aliphatic carbocycles. The Labute approximate surface area is 138 Å². The van der Waals surface area contributed by atoms with Crippen molar-refractivity contribution in [1.82, 2.24) is 10.2 Å². The molecule has 0 unspecified atom stereocenters. The van der Waals surface area contributed by atoms with Crippen LogP contribution in [-0.4, -0.2) is 16.2 Å². The number of nitrogens with zero attached hydrogens (tertiary/aromatic N) is 2. The average Bonchev–Trinajstić information content (AvgIpc) is 3.09. The van der Waals surface area contributed by atoms with E-state index in [-0.39, 0.29) is 30.7 Å². The highest BCUT2D eigenvalue weighted by molar-refractivity contribution is 5.69. The zero-order valence-corrected chi connectivity index (χ0v) is 12.8. The normalized spacial score (nSPS) is 10.5. The van der Waals surface area contributed by atoms with E-state index in [0.29, 0.717) is 12.3 Å². The van der Waals surface area contributed by atoms with E-state index < -0.39 is 0 Å². The molecule has 1 aromatic heterocycles. The van der Waals surface area contributed by atoms with Gasteiger partial charge in [-0.25, -0.2) is 4.39 Å². The third-order valence-corrected chi connectivity index (χ3v) is 3.38. The molecule has 3 aromatic rings. The van der Waals surface area contributed by atoms with Crippen LogP contribution in [0.2, 0.25) is 0 Å². The molecule has 5 nitrogen and oxygen atoms in total. The van der Waals surface area contributed by atoms with Crippen molar-refractivity contribution in [2.45, 2.75) is 19.4 Å². The monoisotopic (exact) mass is 326 g/mol. The highest BCUT2D eigenvalue weighted by Gasteiger charge is 2.11. The third-order valence-electron chi connectivity index (χ3n) is 3.38. The molecule has 1 heterocycles. The molecular formula is C18H15FN2O3.